The zero-order valence-electron chi connectivity index (χ0n) is 10.1. The zero-order valence-corrected chi connectivity index (χ0v) is 12.3. The van der Waals surface area contributed by atoms with E-state index in [0.717, 1.165) is 5.56 Å². The van der Waals surface area contributed by atoms with Crippen LogP contribution in [0.1, 0.15) is 17.2 Å². The molecule has 0 aliphatic heterocycles. The van der Waals surface area contributed by atoms with E-state index in [0.29, 0.717) is 20.6 Å². The van der Waals surface area contributed by atoms with Crippen LogP contribution < -0.4 is 5.32 Å². The van der Waals surface area contributed by atoms with Gasteiger partial charge < -0.3 is 5.32 Å². The minimum atomic E-state index is -0.349. The van der Waals surface area contributed by atoms with E-state index in [1.807, 2.05) is 6.07 Å². The Hall–Kier alpha value is -0.800. The first kappa shape index (κ1) is 14.6. The fourth-order valence-corrected chi connectivity index (χ4v) is 2.60. The molecule has 0 radical (unpaired) electrons. The molecule has 1 atom stereocenters. The minimum absolute atomic E-state index is 0.325. The molecule has 5 heteroatoms. The highest BCUT2D eigenvalue weighted by Gasteiger charge is 2.19. The van der Waals surface area contributed by atoms with Gasteiger partial charge in [-0.15, -0.1) is 0 Å². The summed E-state index contributed by atoms with van der Waals surface area (Å²) in [6.45, 7) is 0. The molecule has 0 saturated carbocycles. The molecule has 2 aromatic carbocycles. The van der Waals surface area contributed by atoms with Crippen LogP contribution in [0.2, 0.25) is 15.1 Å². The van der Waals surface area contributed by atoms with Crippen molar-refractivity contribution < 1.29 is 4.39 Å². The van der Waals surface area contributed by atoms with Crippen molar-refractivity contribution in [2.24, 2.45) is 0 Å². The van der Waals surface area contributed by atoms with Crippen molar-refractivity contribution in [3.63, 3.8) is 0 Å². The van der Waals surface area contributed by atoms with Crippen LogP contribution in [-0.4, -0.2) is 7.05 Å². The highest BCUT2D eigenvalue weighted by molar-refractivity contribution is 6.42. The van der Waals surface area contributed by atoms with E-state index in [1.165, 1.54) is 18.2 Å². The molecule has 0 fully saturated rings. The number of nitrogens with one attached hydrogen (secondary N) is 1. The molecule has 2 rings (SSSR count). The Balaban J connectivity index is 2.56. The first-order valence-corrected chi connectivity index (χ1v) is 6.74. The highest BCUT2D eigenvalue weighted by atomic mass is 35.5. The van der Waals surface area contributed by atoms with Gasteiger partial charge in [0.25, 0.3) is 0 Å². The van der Waals surface area contributed by atoms with E-state index in [2.05, 4.69) is 5.32 Å². The Morgan fingerprint density at radius 2 is 1.74 bits per heavy atom. The van der Waals surface area contributed by atoms with Gasteiger partial charge in [-0.25, -0.2) is 4.39 Å². The molecule has 0 aromatic heterocycles. The molecule has 1 unspecified atom stereocenters. The molecule has 0 saturated heterocycles. The maximum atomic E-state index is 13.4. The van der Waals surface area contributed by atoms with E-state index in [-0.39, 0.29) is 11.9 Å². The molecule has 2 aromatic rings. The Kier molecular flexibility index (Phi) is 4.69. The summed E-state index contributed by atoms with van der Waals surface area (Å²) in [5, 5.41) is 4.43. The van der Waals surface area contributed by atoms with Gasteiger partial charge in [0.2, 0.25) is 0 Å². The summed E-state index contributed by atoms with van der Waals surface area (Å²) in [6, 6.07) is 9.23. The van der Waals surface area contributed by atoms with Crippen LogP contribution in [0.25, 0.3) is 0 Å². The molecule has 1 nitrogen and oxygen atoms in total. The second-order valence-electron chi connectivity index (χ2n) is 4.03. The van der Waals surface area contributed by atoms with Gasteiger partial charge in [-0.05, 0) is 42.4 Å². The predicted octanol–water partition coefficient (Wildman–Crippen LogP) is 5.09. The maximum absolute atomic E-state index is 13.4. The number of rotatable bonds is 3. The lowest BCUT2D eigenvalue weighted by molar-refractivity contribution is 0.617. The molecular weight excluding hydrogens is 308 g/mol. The van der Waals surface area contributed by atoms with Crippen LogP contribution >= 0.6 is 34.8 Å². The van der Waals surface area contributed by atoms with Crippen LogP contribution in [0.15, 0.2) is 36.4 Å². The van der Waals surface area contributed by atoms with E-state index >= 15 is 0 Å². The van der Waals surface area contributed by atoms with E-state index < -0.39 is 0 Å². The van der Waals surface area contributed by atoms with Gasteiger partial charge in [-0.3, -0.25) is 0 Å². The third-order valence-electron chi connectivity index (χ3n) is 2.85. The number of hydrogen-bond donors (Lipinski definition) is 1. The molecule has 1 N–H and O–H groups in total. The van der Waals surface area contributed by atoms with Crippen molar-refractivity contribution in [2.45, 2.75) is 6.04 Å². The van der Waals surface area contributed by atoms with Crippen molar-refractivity contribution in [3.05, 3.63) is 68.4 Å². The molecule has 100 valence electrons. The second-order valence-corrected chi connectivity index (χ2v) is 5.22. The zero-order chi connectivity index (χ0) is 14.0. The quantitative estimate of drug-likeness (QED) is 0.830. The Labute approximate surface area is 126 Å². The highest BCUT2D eigenvalue weighted by Crippen LogP contribution is 2.35. The third-order valence-corrected chi connectivity index (χ3v) is 4.03. The molecule has 19 heavy (non-hydrogen) atoms. The van der Waals surface area contributed by atoms with Crippen LogP contribution in [0.3, 0.4) is 0 Å². The van der Waals surface area contributed by atoms with E-state index in [4.69, 9.17) is 34.8 Å². The lowest BCUT2D eigenvalue weighted by Crippen LogP contribution is -2.18. The number of benzene rings is 2. The average molecular weight is 319 g/mol. The molecule has 0 bridgehead atoms. The Bertz CT molecular complexity index is 599. The van der Waals surface area contributed by atoms with Gasteiger partial charge in [0, 0.05) is 5.02 Å². The van der Waals surface area contributed by atoms with Crippen molar-refractivity contribution in [2.75, 3.05) is 7.05 Å². The van der Waals surface area contributed by atoms with Gasteiger partial charge in [0.05, 0.1) is 16.1 Å². The molecule has 0 aliphatic carbocycles. The van der Waals surface area contributed by atoms with Gasteiger partial charge in [-0.2, -0.15) is 0 Å². The summed E-state index contributed by atoms with van der Waals surface area (Å²) < 4.78 is 13.4. The Morgan fingerprint density at radius 3 is 2.42 bits per heavy atom. The summed E-state index contributed by atoms with van der Waals surface area (Å²) in [6.07, 6.45) is 0. The Morgan fingerprint density at radius 1 is 1.00 bits per heavy atom. The number of halogens is 4. The van der Waals surface area contributed by atoms with E-state index in [1.54, 1.807) is 19.2 Å². The molecule has 0 aliphatic rings. The summed E-state index contributed by atoms with van der Waals surface area (Å²) in [5.41, 5.74) is 1.37. The molecular formula is C14H11Cl3FN. The first-order chi connectivity index (χ1) is 9.04. The van der Waals surface area contributed by atoms with Gasteiger partial charge in [-0.1, -0.05) is 46.9 Å². The standard InChI is InChI=1S/C14H11Cl3FN/c1-19-14(9-3-2-4-12(16)13(9)17)10-7-8(18)5-6-11(10)15/h2-7,14,19H,1H3. The van der Waals surface area contributed by atoms with Crippen molar-refractivity contribution in [1.29, 1.82) is 0 Å². The first-order valence-electron chi connectivity index (χ1n) is 5.60. The van der Waals surface area contributed by atoms with Crippen molar-refractivity contribution >= 4 is 34.8 Å². The smallest absolute Gasteiger partial charge is 0.123 e. The summed E-state index contributed by atoms with van der Waals surface area (Å²) in [5.74, 6) is -0.349. The fourth-order valence-electron chi connectivity index (χ4n) is 1.96. The van der Waals surface area contributed by atoms with Crippen molar-refractivity contribution in [3.8, 4) is 0 Å². The summed E-state index contributed by atoms with van der Waals surface area (Å²) in [7, 11) is 1.75. The topological polar surface area (TPSA) is 12.0 Å². The SMILES string of the molecule is CNC(c1cc(F)ccc1Cl)c1cccc(Cl)c1Cl. The molecule has 0 heterocycles. The monoisotopic (exact) mass is 317 g/mol. The number of hydrogen-bond acceptors (Lipinski definition) is 1. The average Bonchev–Trinajstić information content (AvgIpc) is 2.39. The van der Waals surface area contributed by atoms with Gasteiger partial charge >= 0.3 is 0 Å². The van der Waals surface area contributed by atoms with E-state index in [9.17, 15) is 4.39 Å². The fraction of sp³-hybridized carbons (Fsp3) is 0.143. The minimum Gasteiger partial charge on any atom is -0.309 e. The van der Waals surface area contributed by atoms with Crippen LogP contribution in [0, 0.1) is 5.82 Å². The predicted molar refractivity (Wildman–Crippen MR) is 78.8 cm³/mol. The van der Waals surface area contributed by atoms with Crippen LogP contribution in [-0.2, 0) is 0 Å². The lowest BCUT2D eigenvalue weighted by atomic mass is 9.98. The normalized spacial score (nSPS) is 12.5. The van der Waals surface area contributed by atoms with Gasteiger partial charge in [0.1, 0.15) is 5.82 Å². The van der Waals surface area contributed by atoms with Gasteiger partial charge in [0.15, 0.2) is 0 Å². The van der Waals surface area contributed by atoms with Crippen molar-refractivity contribution in [1.82, 2.24) is 5.32 Å². The summed E-state index contributed by atoms with van der Waals surface area (Å²) >= 11 is 18.3. The second kappa shape index (κ2) is 6.10. The third kappa shape index (κ3) is 3.03. The maximum Gasteiger partial charge on any atom is 0.123 e. The van der Waals surface area contributed by atoms with Crippen LogP contribution in [0.4, 0.5) is 4.39 Å². The molecule has 0 spiro atoms. The lowest BCUT2D eigenvalue weighted by Gasteiger charge is -2.20. The van der Waals surface area contributed by atoms with Crippen LogP contribution in [0.5, 0.6) is 0 Å². The summed E-state index contributed by atoms with van der Waals surface area (Å²) in [4.78, 5) is 0. The largest absolute Gasteiger partial charge is 0.309 e. The molecule has 0 amide bonds.